The van der Waals surface area contributed by atoms with E-state index in [0.717, 1.165) is 63.3 Å². The highest BCUT2D eigenvalue weighted by molar-refractivity contribution is 5.81. The Bertz CT molecular complexity index is 610. The fourth-order valence-corrected chi connectivity index (χ4v) is 4.35. The molecule has 3 heterocycles. The van der Waals surface area contributed by atoms with Gasteiger partial charge in [0, 0.05) is 43.5 Å². The minimum Gasteiger partial charge on any atom is -0.355 e. The van der Waals surface area contributed by atoms with Crippen LogP contribution >= 0.6 is 0 Å². The van der Waals surface area contributed by atoms with Crippen LogP contribution in [0.15, 0.2) is 12.4 Å². The molecule has 1 atom stereocenters. The van der Waals surface area contributed by atoms with Crippen molar-refractivity contribution in [1.29, 1.82) is 0 Å². The Morgan fingerprint density at radius 1 is 1.08 bits per heavy atom. The smallest absolute Gasteiger partial charge is 0.237 e. The number of amides is 1. The fourth-order valence-electron chi connectivity index (χ4n) is 4.35. The maximum absolute atomic E-state index is 12.3. The van der Waals surface area contributed by atoms with Crippen molar-refractivity contribution >= 4 is 11.7 Å². The summed E-state index contributed by atoms with van der Waals surface area (Å²) in [6, 6.07) is 3.38. The van der Waals surface area contributed by atoms with Gasteiger partial charge in [-0.25, -0.2) is 9.97 Å². The fraction of sp³-hybridized carbons (Fsp3) is 0.737. The van der Waals surface area contributed by atoms with Crippen LogP contribution in [-0.2, 0) is 4.79 Å². The van der Waals surface area contributed by atoms with Gasteiger partial charge in [-0.1, -0.05) is 0 Å². The van der Waals surface area contributed by atoms with Gasteiger partial charge in [0.1, 0.15) is 12.1 Å². The van der Waals surface area contributed by atoms with Gasteiger partial charge in [0.15, 0.2) is 0 Å². The van der Waals surface area contributed by atoms with E-state index < -0.39 is 0 Å². The standard InChI is InChI=1S/C19H29N5O/c1-14-12-18(22-13-21-14)24(15-5-6-15)16-7-10-23(11-8-16)17-4-2-3-9-20-19(17)25/h12-13,15-17H,2-11H2,1H3,(H,20,25). The van der Waals surface area contributed by atoms with E-state index in [1.54, 1.807) is 6.33 Å². The molecule has 1 aliphatic carbocycles. The van der Waals surface area contributed by atoms with Gasteiger partial charge in [-0.3, -0.25) is 9.69 Å². The molecule has 1 unspecified atom stereocenters. The van der Waals surface area contributed by atoms with Crippen LogP contribution in [0.2, 0.25) is 0 Å². The monoisotopic (exact) mass is 343 g/mol. The number of piperidine rings is 1. The van der Waals surface area contributed by atoms with Crippen molar-refractivity contribution in [3.05, 3.63) is 18.1 Å². The van der Waals surface area contributed by atoms with Crippen LogP contribution in [-0.4, -0.2) is 58.5 Å². The third kappa shape index (κ3) is 3.78. The number of hydrogen-bond donors (Lipinski definition) is 1. The van der Waals surface area contributed by atoms with E-state index in [9.17, 15) is 4.79 Å². The first-order valence-electron chi connectivity index (χ1n) is 9.81. The van der Waals surface area contributed by atoms with Crippen LogP contribution in [0.5, 0.6) is 0 Å². The van der Waals surface area contributed by atoms with Crippen molar-refractivity contribution < 1.29 is 4.79 Å². The van der Waals surface area contributed by atoms with Crippen LogP contribution in [0.4, 0.5) is 5.82 Å². The number of nitrogens with one attached hydrogen (secondary N) is 1. The second kappa shape index (κ2) is 7.28. The van der Waals surface area contributed by atoms with Crippen molar-refractivity contribution in [2.24, 2.45) is 0 Å². The molecular weight excluding hydrogens is 314 g/mol. The summed E-state index contributed by atoms with van der Waals surface area (Å²) in [5, 5.41) is 3.08. The molecule has 1 saturated carbocycles. The summed E-state index contributed by atoms with van der Waals surface area (Å²) in [6.07, 6.45) is 9.73. The Kier molecular flexibility index (Phi) is 4.88. The highest BCUT2D eigenvalue weighted by Crippen LogP contribution is 2.35. The Morgan fingerprint density at radius 3 is 2.56 bits per heavy atom. The lowest BCUT2D eigenvalue weighted by molar-refractivity contribution is -0.126. The lowest BCUT2D eigenvalue weighted by Gasteiger charge is -2.41. The van der Waals surface area contributed by atoms with Crippen LogP contribution in [0.3, 0.4) is 0 Å². The van der Waals surface area contributed by atoms with Crippen LogP contribution in [0, 0.1) is 6.92 Å². The first-order chi connectivity index (χ1) is 12.2. The quantitative estimate of drug-likeness (QED) is 0.905. The van der Waals surface area contributed by atoms with Crippen LogP contribution in [0.25, 0.3) is 0 Å². The molecule has 1 aromatic rings. The lowest BCUT2D eigenvalue weighted by Crippen LogP contribution is -2.52. The molecule has 25 heavy (non-hydrogen) atoms. The maximum Gasteiger partial charge on any atom is 0.237 e. The summed E-state index contributed by atoms with van der Waals surface area (Å²) in [7, 11) is 0. The van der Waals surface area contributed by atoms with E-state index in [4.69, 9.17) is 0 Å². The first kappa shape index (κ1) is 16.8. The topological polar surface area (TPSA) is 61.4 Å². The first-order valence-corrected chi connectivity index (χ1v) is 9.81. The molecule has 0 aromatic carbocycles. The van der Waals surface area contributed by atoms with Gasteiger partial charge in [-0.15, -0.1) is 0 Å². The van der Waals surface area contributed by atoms with Gasteiger partial charge in [0.05, 0.1) is 6.04 Å². The van der Waals surface area contributed by atoms with E-state index in [2.05, 4.69) is 31.2 Å². The van der Waals surface area contributed by atoms with Gasteiger partial charge in [0.25, 0.3) is 0 Å². The molecule has 2 saturated heterocycles. The number of rotatable bonds is 4. The van der Waals surface area contributed by atoms with Gasteiger partial charge < -0.3 is 10.2 Å². The summed E-state index contributed by atoms with van der Waals surface area (Å²) in [5.74, 6) is 1.32. The minimum atomic E-state index is 0.0825. The average molecular weight is 343 g/mol. The van der Waals surface area contributed by atoms with Gasteiger partial charge in [-0.2, -0.15) is 0 Å². The highest BCUT2D eigenvalue weighted by Gasteiger charge is 2.38. The lowest BCUT2D eigenvalue weighted by atomic mass is 9.99. The van der Waals surface area contributed by atoms with Crippen LogP contribution in [0.1, 0.15) is 50.6 Å². The largest absolute Gasteiger partial charge is 0.355 e. The van der Waals surface area contributed by atoms with Crippen molar-refractivity contribution in [2.75, 3.05) is 24.5 Å². The van der Waals surface area contributed by atoms with Crippen molar-refractivity contribution in [1.82, 2.24) is 20.2 Å². The molecule has 0 radical (unpaired) electrons. The maximum atomic E-state index is 12.3. The molecule has 1 N–H and O–H groups in total. The van der Waals surface area contributed by atoms with Gasteiger partial charge >= 0.3 is 0 Å². The zero-order chi connectivity index (χ0) is 17.2. The van der Waals surface area contributed by atoms with Crippen LogP contribution < -0.4 is 10.2 Å². The molecule has 0 spiro atoms. The normalized spacial score (nSPS) is 26.1. The highest BCUT2D eigenvalue weighted by atomic mass is 16.2. The summed E-state index contributed by atoms with van der Waals surface area (Å²) >= 11 is 0. The van der Waals surface area contributed by atoms with Gasteiger partial charge in [-0.05, 0) is 51.9 Å². The molecule has 0 bridgehead atoms. The Morgan fingerprint density at radius 2 is 1.84 bits per heavy atom. The van der Waals surface area contributed by atoms with E-state index in [1.807, 2.05) is 6.92 Å². The molecule has 3 aliphatic rings. The zero-order valence-corrected chi connectivity index (χ0v) is 15.2. The third-order valence-electron chi connectivity index (χ3n) is 5.83. The SMILES string of the molecule is Cc1cc(N(C2CC2)C2CCN(C3CCCCNC3=O)CC2)ncn1. The predicted molar refractivity (Wildman–Crippen MR) is 97.5 cm³/mol. The summed E-state index contributed by atoms with van der Waals surface area (Å²) in [6.45, 7) is 4.89. The Hall–Kier alpha value is -1.69. The molecular formula is C19H29N5O. The summed E-state index contributed by atoms with van der Waals surface area (Å²) in [4.78, 5) is 26.1. The molecule has 6 heteroatoms. The molecule has 6 nitrogen and oxygen atoms in total. The average Bonchev–Trinajstić information content (AvgIpc) is 3.45. The van der Waals surface area contributed by atoms with E-state index in [1.165, 1.54) is 12.8 Å². The number of likely N-dealkylation sites (tertiary alicyclic amines) is 1. The zero-order valence-electron chi connectivity index (χ0n) is 15.2. The number of hydrogen-bond acceptors (Lipinski definition) is 5. The number of anilines is 1. The van der Waals surface area contributed by atoms with E-state index in [0.29, 0.717) is 12.1 Å². The number of carbonyl (C=O) groups excluding carboxylic acids is 1. The Labute approximate surface area is 150 Å². The second-order valence-corrected chi connectivity index (χ2v) is 7.73. The second-order valence-electron chi connectivity index (χ2n) is 7.73. The summed E-state index contributed by atoms with van der Waals surface area (Å²) in [5.41, 5.74) is 1.03. The predicted octanol–water partition coefficient (Wildman–Crippen LogP) is 1.89. The van der Waals surface area contributed by atoms with Crippen molar-refractivity contribution in [2.45, 2.75) is 70.0 Å². The number of carbonyl (C=O) groups is 1. The van der Waals surface area contributed by atoms with Crippen molar-refractivity contribution in [3.63, 3.8) is 0 Å². The van der Waals surface area contributed by atoms with E-state index in [-0.39, 0.29) is 11.9 Å². The minimum absolute atomic E-state index is 0.0825. The molecule has 3 fully saturated rings. The van der Waals surface area contributed by atoms with Gasteiger partial charge in [0.2, 0.25) is 5.91 Å². The molecule has 4 rings (SSSR count). The van der Waals surface area contributed by atoms with Crippen molar-refractivity contribution in [3.8, 4) is 0 Å². The molecule has 136 valence electrons. The summed E-state index contributed by atoms with van der Waals surface area (Å²) < 4.78 is 0. The molecule has 1 amide bonds. The Balaban J connectivity index is 1.42. The molecule has 1 aromatic heterocycles. The number of aromatic nitrogens is 2. The van der Waals surface area contributed by atoms with E-state index >= 15 is 0 Å². The third-order valence-corrected chi connectivity index (χ3v) is 5.83. The molecule has 2 aliphatic heterocycles. The number of aryl methyl sites for hydroxylation is 1. The number of nitrogens with zero attached hydrogens (tertiary/aromatic N) is 4.